The normalized spacial score (nSPS) is 17.1. The predicted molar refractivity (Wildman–Crippen MR) is 70.3 cm³/mol. The number of rotatable bonds is 4. The highest BCUT2D eigenvalue weighted by molar-refractivity contribution is 5.75. The molecule has 1 unspecified atom stereocenters. The fourth-order valence-corrected chi connectivity index (χ4v) is 2.49. The van der Waals surface area contributed by atoms with E-state index in [1.165, 1.54) is 17.0 Å². The molecule has 0 aliphatic heterocycles. The van der Waals surface area contributed by atoms with Gasteiger partial charge in [-0.15, -0.1) is 0 Å². The van der Waals surface area contributed by atoms with Crippen molar-refractivity contribution < 1.29 is 14.3 Å². The molecule has 0 saturated heterocycles. The molecular formula is C14H19FN2O2. The number of hydrogen-bond acceptors (Lipinski definition) is 2. The number of hydrogen-bond donors (Lipinski definition) is 2. The topological polar surface area (TPSA) is 52.6 Å². The molecular weight excluding hydrogens is 247 g/mol. The maximum atomic E-state index is 13.3. The lowest BCUT2D eigenvalue weighted by Gasteiger charge is -2.23. The monoisotopic (exact) mass is 266 g/mol. The number of amides is 2. The van der Waals surface area contributed by atoms with E-state index in [0.29, 0.717) is 13.1 Å². The van der Waals surface area contributed by atoms with Crippen molar-refractivity contribution in [3.05, 3.63) is 35.1 Å². The number of nitrogens with zero attached hydrogens (tertiary/aromatic N) is 1. The number of aliphatic hydroxyl groups is 1. The molecule has 1 aliphatic rings. The number of carbonyl (C=O) groups is 1. The van der Waals surface area contributed by atoms with Gasteiger partial charge in [-0.05, 0) is 43.0 Å². The van der Waals surface area contributed by atoms with Crippen LogP contribution in [0, 0.1) is 5.82 Å². The van der Waals surface area contributed by atoms with Crippen molar-refractivity contribution in [1.29, 1.82) is 0 Å². The number of benzene rings is 1. The zero-order chi connectivity index (χ0) is 13.8. The third kappa shape index (κ3) is 3.04. The van der Waals surface area contributed by atoms with E-state index in [2.05, 4.69) is 5.32 Å². The summed E-state index contributed by atoms with van der Waals surface area (Å²) in [5, 5.41) is 11.8. The first-order valence-corrected chi connectivity index (χ1v) is 6.60. The molecule has 0 radical (unpaired) electrons. The molecule has 0 fully saturated rings. The molecule has 1 aromatic carbocycles. The highest BCUT2D eigenvalue weighted by Gasteiger charge is 2.25. The maximum Gasteiger partial charge on any atom is 0.317 e. The number of likely N-dealkylation sites (N-methyl/N-ethyl adjacent to an activating group) is 1. The molecule has 2 amide bonds. The Morgan fingerprint density at radius 3 is 3.05 bits per heavy atom. The highest BCUT2D eigenvalue weighted by atomic mass is 19.1. The molecule has 2 rings (SSSR count). The minimum absolute atomic E-state index is 0.0584. The summed E-state index contributed by atoms with van der Waals surface area (Å²) in [5.74, 6) is -0.275. The van der Waals surface area contributed by atoms with Crippen molar-refractivity contribution in [1.82, 2.24) is 10.2 Å². The third-order valence-corrected chi connectivity index (χ3v) is 3.52. The molecule has 19 heavy (non-hydrogen) atoms. The molecule has 1 atom stereocenters. The second-order valence-corrected chi connectivity index (χ2v) is 4.69. The van der Waals surface area contributed by atoms with Gasteiger partial charge in [-0.1, -0.05) is 6.07 Å². The fraction of sp³-hybridized carbons (Fsp3) is 0.500. The number of fused-ring (bicyclic) bond motifs is 1. The Hall–Kier alpha value is -1.62. The second-order valence-electron chi connectivity index (χ2n) is 4.69. The summed E-state index contributed by atoms with van der Waals surface area (Å²) in [5.41, 5.74) is 1.96. The number of nitrogens with one attached hydrogen (secondary N) is 1. The van der Waals surface area contributed by atoms with Gasteiger partial charge in [-0.3, -0.25) is 0 Å². The van der Waals surface area contributed by atoms with Crippen molar-refractivity contribution in [2.45, 2.75) is 25.8 Å². The summed E-state index contributed by atoms with van der Waals surface area (Å²) < 4.78 is 13.3. The van der Waals surface area contributed by atoms with Crippen molar-refractivity contribution >= 4 is 6.03 Å². The molecule has 0 saturated carbocycles. The lowest BCUT2D eigenvalue weighted by atomic mass is 10.1. The summed E-state index contributed by atoms with van der Waals surface area (Å²) in [6, 6.07) is 4.38. The van der Waals surface area contributed by atoms with Crippen LogP contribution < -0.4 is 5.32 Å². The average Bonchev–Trinajstić information content (AvgIpc) is 2.78. The fourth-order valence-electron chi connectivity index (χ4n) is 2.49. The zero-order valence-corrected chi connectivity index (χ0v) is 11.0. The Morgan fingerprint density at radius 1 is 1.58 bits per heavy atom. The number of aliphatic hydroxyl groups excluding tert-OH is 1. The Balaban J connectivity index is 2.06. The standard InChI is InChI=1S/C14H19FN2O2/c1-2-17(7-8-18)14(19)16-13-6-4-10-3-5-11(15)9-12(10)13/h3,5,9,13,18H,2,4,6-8H2,1H3,(H,16,19). The molecule has 0 aromatic heterocycles. The molecule has 1 aromatic rings. The first-order chi connectivity index (χ1) is 9.15. The van der Waals surface area contributed by atoms with Gasteiger partial charge >= 0.3 is 6.03 Å². The Labute approximate surface area is 112 Å². The van der Waals surface area contributed by atoms with E-state index >= 15 is 0 Å². The lowest BCUT2D eigenvalue weighted by Crippen LogP contribution is -2.42. The van der Waals surface area contributed by atoms with Crippen LogP contribution in [0.1, 0.15) is 30.5 Å². The van der Waals surface area contributed by atoms with Gasteiger partial charge in [0.05, 0.1) is 12.6 Å². The molecule has 104 valence electrons. The van der Waals surface area contributed by atoms with Gasteiger partial charge in [-0.2, -0.15) is 0 Å². The Bertz CT molecular complexity index is 465. The maximum absolute atomic E-state index is 13.3. The molecule has 2 N–H and O–H groups in total. The third-order valence-electron chi connectivity index (χ3n) is 3.52. The quantitative estimate of drug-likeness (QED) is 0.873. The van der Waals surface area contributed by atoms with E-state index in [1.54, 1.807) is 6.07 Å². The van der Waals surface area contributed by atoms with Crippen LogP contribution in [0.2, 0.25) is 0 Å². The van der Waals surface area contributed by atoms with Crippen LogP contribution in [0.25, 0.3) is 0 Å². The minimum Gasteiger partial charge on any atom is -0.395 e. The van der Waals surface area contributed by atoms with Gasteiger partial charge in [0.2, 0.25) is 0 Å². The van der Waals surface area contributed by atoms with Gasteiger partial charge in [0.25, 0.3) is 0 Å². The van der Waals surface area contributed by atoms with Crippen LogP contribution in [0.5, 0.6) is 0 Å². The Kier molecular flexibility index (Phi) is 4.37. The van der Waals surface area contributed by atoms with Crippen LogP contribution in [-0.2, 0) is 6.42 Å². The summed E-state index contributed by atoms with van der Waals surface area (Å²) in [4.78, 5) is 13.6. The van der Waals surface area contributed by atoms with Crippen molar-refractivity contribution in [2.24, 2.45) is 0 Å². The van der Waals surface area contributed by atoms with Crippen molar-refractivity contribution in [3.8, 4) is 0 Å². The van der Waals surface area contributed by atoms with Crippen LogP contribution in [0.15, 0.2) is 18.2 Å². The summed E-state index contributed by atoms with van der Waals surface area (Å²) in [7, 11) is 0. The first-order valence-electron chi connectivity index (χ1n) is 6.60. The van der Waals surface area contributed by atoms with Crippen LogP contribution in [0.4, 0.5) is 9.18 Å². The first kappa shape index (κ1) is 13.8. The van der Waals surface area contributed by atoms with E-state index in [9.17, 15) is 9.18 Å². The molecule has 1 aliphatic carbocycles. The molecule has 4 nitrogen and oxygen atoms in total. The predicted octanol–water partition coefficient (Wildman–Crippen LogP) is 1.84. The number of halogens is 1. The lowest BCUT2D eigenvalue weighted by molar-refractivity contribution is 0.177. The van der Waals surface area contributed by atoms with Gasteiger partial charge in [0, 0.05) is 13.1 Å². The number of urea groups is 1. The van der Waals surface area contributed by atoms with E-state index in [1.807, 2.05) is 6.92 Å². The SMILES string of the molecule is CCN(CCO)C(=O)NC1CCc2ccc(F)cc21. The number of carbonyl (C=O) groups excluding carboxylic acids is 1. The summed E-state index contributed by atoms with van der Waals surface area (Å²) >= 11 is 0. The average molecular weight is 266 g/mol. The van der Waals surface area contributed by atoms with Gasteiger partial charge in [0.15, 0.2) is 0 Å². The smallest absolute Gasteiger partial charge is 0.317 e. The molecule has 5 heteroatoms. The largest absolute Gasteiger partial charge is 0.395 e. The van der Waals surface area contributed by atoms with Gasteiger partial charge in [0.1, 0.15) is 5.82 Å². The van der Waals surface area contributed by atoms with E-state index in [4.69, 9.17) is 5.11 Å². The van der Waals surface area contributed by atoms with E-state index < -0.39 is 0 Å². The Morgan fingerprint density at radius 2 is 2.37 bits per heavy atom. The molecule has 0 spiro atoms. The molecule has 0 heterocycles. The highest BCUT2D eigenvalue weighted by Crippen LogP contribution is 2.31. The van der Waals surface area contributed by atoms with Crippen molar-refractivity contribution in [2.75, 3.05) is 19.7 Å². The molecule has 0 bridgehead atoms. The van der Waals surface area contributed by atoms with Gasteiger partial charge < -0.3 is 15.3 Å². The minimum atomic E-state index is -0.275. The van der Waals surface area contributed by atoms with Crippen LogP contribution in [-0.4, -0.2) is 35.7 Å². The van der Waals surface area contributed by atoms with Gasteiger partial charge in [-0.25, -0.2) is 9.18 Å². The van der Waals surface area contributed by atoms with Crippen molar-refractivity contribution in [3.63, 3.8) is 0 Å². The van der Waals surface area contributed by atoms with E-state index in [-0.39, 0.29) is 24.5 Å². The number of aryl methyl sites for hydroxylation is 1. The zero-order valence-electron chi connectivity index (χ0n) is 11.0. The summed E-state index contributed by atoms with van der Waals surface area (Å²) in [6.45, 7) is 2.65. The van der Waals surface area contributed by atoms with Crippen LogP contribution in [0.3, 0.4) is 0 Å². The second kappa shape index (κ2) is 6.02. The van der Waals surface area contributed by atoms with Crippen LogP contribution >= 0.6 is 0 Å². The van der Waals surface area contributed by atoms with E-state index in [0.717, 1.165) is 24.0 Å². The summed E-state index contributed by atoms with van der Waals surface area (Å²) in [6.07, 6.45) is 1.65.